The number of carbonyl (C=O) groups excluding carboxylic acids is 1. The van der Waals surface area contributed by atoms with Gasteiger partial charge in [-0.15, -0.1) is 0 Å². The SMILES string of the molecule is CN(C)C(=O)COC[C@]12COC[C@H]1CN(CCc1ccccc1)C2. The van der Waals surface area contributed by atoms with Gasteiger partial charge in [-0.3, -0.25) is 4.79 Å². The Morgan fingerprint density at radius 2 is 2.17 bits per heavy atom. The summed E-state index contributed by atoms with van der Waals surface area (Å²) in [6.45, 7) is 5.46. The highest BCUT2D eigenvalue weighted by atomic mass is 16.5. The van der Waals surface area contributed by atoms with Gasteiger partial charge < -0.3 is 19.3 Å². The summed E-state index contributed by atoms with van der Waals surface area (Å²) < 4.78 is 11.5. The van der Waals surface area contributed by atoms with Gasteiger partial charge in [0.05, 0.1) is 19.8 Å². The molecule has 0 aliphatic carbocycles. The Balaban J connectivity index is 1.50. The third-order valence-corrected chi connectivity index (χ3v) is 5.27. The van der Waals surface area contributed by atoms with Crippen molar-refractivity contribution in [2.24, 2.45) is 11.3 Å². The molecule has 1 amide bonds. The topological polar surface area (TPSA) is 42.0 Å². The van der Waals surface area contributed by atoms with Crippen LogP contribution < -0.4 is 0 Å². The van der Waals surface area contributed by atoms with E-state index in [0.29, 0.717) is 12.5 Å². The number of benzene rings is 1. The Morgan fingerprint density at radius 1 is 1.38 bits per heavy atom. The van der Waals surface area contributed by atoms with Gasteiger partial charge in [0.25, 0.3) is 0 Å². The average molecular weight is 332 g/mol. The van der Waals surface area contributed by atoms with Gasteiger partial charge in [0, 0.05) is 45.1 Å². The van der Waals surface area contributed by atoms with Crippen LogP contribution in [0.1, 0.15) is 5.56 Å². The lowest BCUT2D eigenvalue weighted by Gasteiger charge is -2.27. The van der Waals surface area contributed by atoms with E-state index in [1.165, 1.54) is 5.56 Å². The molecule has 0 N–H and O–H groups in total. The van der Waals surface area contributed by atoms with Crippen molar-refractivity contribution in [1.82, 2.24) is 9.80 Å². The smallest absolute Gasteiger partial charge is 0.248 e. The van der Waals surface area contributed by atoms with Gasteiger partial charge in [0.1, 0.15) is 6.61 Å². The molecule has 132 valence electrons. The van der Waals surface area contributed by atoms with Gasteiger partial charge in [-0.05, 0) is 12.0 Å². The van der Waals surface area contributed by atoms with Gasteiger partial charge in [-0.1, -0.05) is 30.3 Å². The molecule has 0 unspecified atom stereocenters. The van der Waals surface area contributed by atoms with Crippen LogP contribution in [0.2, 0.25) is 0 Å². The number of hydrogen-bond acceptors (Lipinski definition) is 4. The molecule has 0 saturated carbocycles. The van der Waals surface area contributed by atoms with Gasteiger partial charge in [-0.25, -0.2) is 0 Å². The second-order valence-corrected chi connectivity index (χ2v) is 7.33. The molecule has 0 spiro atoms. The molecule has 0 bridgehead atoms. The first-order chi connectivity index (χ1) is 11.6. The van der Waals surface area contributed by atoms with Crippen LogP contribution in [-0.2, 0) is 20.7 Å². The number of hydrogen-bond donors (Lipinski definition) is 0. The quantitative estimate of drug-likeness (QED) is 0.754. The Kier molecular flexibility index (Phi) is 5.54. The first kappa shape index (κ1) is 17.4. The van der Waals surface area contributed by atoms with E-state index in [2.05, 4.69) is 35.2 Å². The monoisotopic (exact) mass is 332 g/mol. The molecule has 1 aromatic carbocycles. The van der Waals surface area contributed by atoms with Crippen LogP contribution in [0.3, 0.4) is 0 Å². The molecule has 24 heavy (non-hydrogen) atoms. The molecule has 0 radical (unpaired) electrons. The van der Waals surface area contributed by atoms with E-state index < -0.39 is 0 Å². The van der Waals surface area contributed by atoms with Gasteiger partial charge in [-0.2, -0.15) is 0 Å². The third kappa shape index (κ3) is 3.97. The summed E-state index contributed by atoms with van der Waals surface area (Å²) >= 11 is 0. The van der Waals surface area contributed by atoms with Crippen LogP contribution in [0.15, 0.2) is 30.3 Å². The molecule has 0 aromatic heterocycles. The summed E-state index contributed by atoms with van der Waals surface area (Å²) in [4.78, 5) is 15.8. The van der Waals surface area contributed by atoms with Gasteiger partial charge in [0.2, 0.25) is 5.91 Å². The second kappa shape index (κ2) is 7.64. The summed E-state index contributed by atoms with van der Waals surface area (Å²) in [6, 6.07) is 10.6. The molecule has 1 aromatic rings. The largest absolute Gasteiger partial charge is 0.380 e. The van der Waals surface area contributed by atoms with Crippen LogP contribution in [0, 0.1) is 11.3 Å². The van der Waals surface area contributed by atoms with E-state index in [1.807, 2.05) is 0 Å². The third-order valence-electron chi connectivity index (χ3n) is 5.27. The maximum atomic E-state index is 11.7. The average Bonchev–Trinajstić information content (AvgIpc) is 3.10. The predicted octanol–water partition coefficient (Wildman–Crippen LogP) is 1.28. The number of amides is 1. The van der Waals surface area contributed by atoms with Crippen LogP contribution in [0.5, 0.6) is 0 Å². The minimum atomic E-state index is 0.0146. The number of likely N-dealkylation sites (N-methyl/N-ethyl adjacent to an activating group) is 1. The summed E-state index contributed by atoms with van der Waals surface area (Å²) in [5.41, 5.74) is 1.44. The minimum absolute atomic E-state index is 0.0146. The number of rotatable bonds is 7. The number of fused-ring (bicyclic) bond motifs is 1. The molecule has 5 heteroatoms. The number of likely N-dealkylation sites (tertiary alicyclic amines) is 1. The highest BCUT2D eigenvalue weighted by molar-refractivity contribution is 5.76. The van der Waals surface area contributed by atoms with E-state index in [4.69, 9.17) is 9.47 Å². The molecule has 2 aliphatic heterocycles. The van der Waals surface area contributed by atoms with E-state index in [-0.39, 0.29) is 17.9 Å². The zero-order valence-electron chi connectivity index (χ0n) is 14.7. The standard InChI is InChI=1S/C19H28N2O3/c1-20(2)18(22)12-24-15-19-13-21(10-17(19)11-23-14-19)9-8-16-6-4-3-5-7-16/h3-7,17H,8-15H2,1-2H3/t17-,19+/m1/s1. The van der Waals surface area contributed by atoms with Crippen molar-refractivity contribution in [2.75, 3.05) is 60.2 Å². The van der Waals surface area contributed by atoms with E-state index in [0.717, 1.165) is 39.3 Å². The first-order valence-electron chi connectivity index (χ1n) is 8.71. The fourth-order valence-corrected chi connectivity index (χ4v) is 3.72. The van der Waals surface area contributed by atoms with Crippen molar-refractivity contribution in [3.05, 3.63) is 35.9 Å². The van der Waals surface area contributed by atoms with Crippen molar-refractivity contribution >= 4 is 5.91 Å². The molecule has 2 saturated heterocycles. The summed E-state index contributed by atoms with van der Waals surface area (Å²) in [5, 5.41) is 0. The zero-order chi connectivity index (χ0) is 17.0. The minimum Gasteiger partial charge on any atom is -0.380 e. The first-order valence-corrected chi connectivity index (χ1v) is 8.71. The van der Waals surface area contributed by atoms with E-state index in [9.17, 15) is 4.79 Å². The summed E-state index contributed by atoms with van der Waals surface area (Å²) in [6.07, 6.45) is 1.07. The van der Waals surface area contributed by atoms with Crippen molar-refractivity contribution in [3.8, 4) is 0 Å². The van der Waals surface area contributed by atoms with Gasteiger partial charge in [0.15, 0.2) is 0 Å². The summed E-state index contributed by atoms with van der Waals surface area (Å²) in [5.74, 6) is 0.531. The maximum absolute atomic E-state index is 11.7. The van der Waals surface area contributed by atoms with Crippen LogP contribution in [0.25, 0.3) is 0 Å². The molecule has 2 atom stereocenters. The van der Waals surface area contributed by atoms with Crippen molar-refractivity contribution in [3.63, 3.8) is 0 Å². The predicted molar refractivity (Wildman–Crippen MR) is 92.8 cm³/mol. The lowest BCUT2D eigenvalue weighted by molar-refractivity contribution is -0.135. The molecule has 3 rings (SSSR count). The second-order valence-electron chi connectivity index (χ2n) is 7.33. The molecular weight excluding hydrogens is 304 g/mol. The molecule has 2 aliphatic rings. The Hall–Kier alpha value is -1.43. The zero-order valence-corrected chi connectivity index (χ0v) is 14.7. The lowest BCUT2D eigenvalue weighted by Crippen LogP contribution is -2.37. The normalized spacial score (nSPS) is 26.5. The highest BCUT2D eigenvalue weighted by Gasteiger charge is 2.50. The van der Waals surface area contributed by atoms with E-state index in [1.54, 1.807) is 19.0 Å². The Morgan fingerprint density at radius 3 is 2.92 bits per heavy atom. The van der Waals surface area contributed by atoms with Crippen LogP contribution in [0.4, 0.5) is 0 Å². The number of carbonyl (C=O) groups is 1. The Bertz CT molecular complexity index is 549. The van der Waals surface area contributed by atoms with Crippen molar-refractivity contribution < 1.29 is 14.3 Å². The van der Waals surface area contributed by atoms with Crippen molar-refractivity contribution in [1.29, 1.82) is 0 Å². The fraction of sp³-hybridized carbons (Fsp3) is 0.632. The van der Waals surface area contributed by atoms with Crippen molar-refractivity contribution in [2.45, 2.75) is 6.42 Å². The van der Waals surface area contributed by atoms with Gasteiger partial charge >= 0.3 is 0 Å². The molecule has 2 heterocycles. The fourth-order valence-electron chi connectivity index (χ4n) is 3.72. The molecule has 2 fully saturated rings. The number of nitrogens with zero attached hydrogens (tertiary/aromatic N) is 2. The maximum Gasteiger partial charge on any atom is 0.248 e. The van der Waals surface area contributed by atoms with Crippen LogP contribution in [-0.4, -0.2) is 75.9 Å². The molecular formula is C19H28N2O3. The van der Waals surface area contributed by atoms with Crippen LogP contribution >= 0.6 is 0 Å². The lowest BCUT2D eigenvalue weighted by atomic mass is 9.82. The van der Waals surface area contributed by atoms with E-state index >= 15 is 0 Å². The molecule has 5 nitrogen and oxygen atoms in total. The Labute approximate surface area is 144 Å². The highest BCUT2D eigenvalue weighted by Crippen LogP contribution is 2.41. The number of ether oxygens (including phenoxy) is 2. The summed E-state index contributed by atoms with van der Waals surface area (Å²) in [7, 11) is 3.51.